The number of carbonyl (C=O) groups is 1. The van der Waals surface area contributed by atoms with Crippen molar-refractivity contribution in [1.82, 2.24) is 0 Å². The van der Waals surface area contributed by atoms with Gasteiger partial charge in [-0.2, -0.15) is 8.78 Å². The van der Waals surface area contributed by atoms with Gasteiger partial charge in [0.05, 0.1) is 11.6 Å². The predicted octanol–water partition coefficient (Wildman–Crippen LogP) is 1.96. The number of halogens is 3. The Bertz CT molecular complexity index is 394. The van der Waals surface area contributed by atoms with Crippen molar-refractivity contribution in [1.29, 1.82) is 0 Å². The first-order valence-electron chi connectivity index (χ1n) is 4.46. The topological polar surface area (TPSA) is 52.3 Å². The smallest absolute Gasteiger partial charge is 0.387 e. The second kappa shape index (κ2) is 4.98. The second-order valence-electron chi connectivity index (χ2n) is 3.17. The van der Waals surface area contributed by atoms with Gasteiger partial charge in [0.25, 0.3) is 0 Å². The summed E-state index contributed by atoms with van der Waals surface area (Å²) >= 11 is 0. The molecule has 1 unspecified atom stereocenters. The van der Waals surface area contributed by atoms with E-state index in [1.54, 1.807) is 0 Å². The largest absolute Gasteiger partial charge is 0.435 e. The number of hydrogen-bond acceptors (Lipinski definition) is 3. The van der Waals surface area contributed by atoms with E-state index in [1.807, 2.05) is 0 Å². The summed E-state index contributed by atoms with van der Waals surface area (Å²) in [6, 6.07) is 2.03. The minimum absolute atomic E-state index is 0.239. The van der Waals surface area contributed by atoms with Gasteiger partial charge in [0.15, 0.2) is 5.78 Å². The molecule has 0 heterocycles. The summed E-state index contributed by atoms with van der Waals surface area (Å²) in [5.74, 6) is -1.87. The molecule has 0 saturated heterocycles. The number of rotatable bonds is 4. The van der Waals surface area contributed by atoms with E-state index in [0.717, 1.165) is 18.2 Å². The molecule has 0 aromatic heterocycles. The monoisotopic (exact) mass is 233 g/mol. The quantitative estimate of drug-likeness (QED) is 0.809. The molecule has 0 fully saturated rings. The normalized spacial score (nSPS) is 12.6. The molecular formula is C10H10F3NO2. The van der Waals surface area contributed by atoms with E-state index < -0.39 is 24.3 Å². The Hall–Kier alpha value is -1.56. The minimum Gasteiger partial charge on any atom is -0.435 e. The third-order valence-corrected chi connectivity index (χ3v) is 1.84. The highest BCUT2D eigenvalue weighted by molar-refractivity contribution is 6.00. The Morgan fingerprint density at radius 1 is 1.44 bits per heavy atom. The van der Waals surface area contributed by atoms with Gasteiger partial charge in [-0.05, 0) is 19.1 Å². The standard InChI is InChI=1S/C10H10F3NO2/c1-5(14)9(15)7-3-2-6(4-8(7)11)16-10(12)13/h2-5,10H,14H2,1H3. The summed E-state index contributed by atoms with van der Waals surface area (Å²) in [5.41, 5.74) is 5.05. The zero-order valence-electron chi connectivity index (χ0n) is 8.41. The molecule has 0 saturated carbocycles. The van der Waals surface area contributed by atoms with Gasteiger partial charge in [0, 0.05) is 6.07 Å². The summed E-state index contributed by atoms with van der Waals surface area (Å²) in [7, 11) is 0. The van der Waals surface area contributed by atoms with Crippen molar-refractivity contribution in [2.45, 2.75) is 19.6 Å². The van der Waals surface area contributed by atoms with Crippen molar-refractivity contribution in [2.24, 2.45) is 5.73 Å². The first-order valence-corrected chi connectivity index (χ1v) is 4.46. The van der Waals surface area contributed by atoms with Gasteiger partial charge in [0.1, 0.15) is 11.6 Å². The summed E-state index contributed by atoms with van der Waals surface area (Å²) in [4.78, 5) is 11.3. The van der Waals surface area contributed by atoms with Crippen molar-refractivity contribution < 1.29 is 22.7 Å². The molecule has 0 aliphatic heterocycles. The highest BCUT2D eigenvalue weighted by Gasteiger charge is 2.16. The van der Waals surface area contributed by atoms with Gasteiger partial charge < -0.3 is 10.5 Å². The maximum atomic E-state index is 13.3. The molecule has 1 aromatic carbocycles. The molecule has 0 bridgehead atoms. The molecule has 0 amide bonds. The number of nitrogens with two attached hydrogens (primary N) is 1. The van der Waals surface area contributed by atoms with Crippen molar-refractivity contribution >= 4 is 5.78 Å². The molecule has 0 radical (unpaired) electrons. The third kappa shape index (κ3) is 2.96. The van der Waals surface area contributed by atoms with Crippen LogP contribution in [-0.4, -0.2) is 18.4 Å². The van der Waals surface area contributed by atoms with Crippen LogP contribution in [-0.2, 0) is 0 Å². The van der Waals surface area contributed by atoms with Crippen LogP contribution in [0.3, 0.4) is 0 Å². The average Bonchev–Trinajstić information content (AvgIpc) is 2.15. The lowest BCUT2D eigenvalue weighted by atomic mass is 10.1. The van der Waals surface area contributed by atoms with Crippen LogP contribution in [0.5, 0.6) is 5.75 Å². The van der Waals surface area contributed by atoms with Crippen LogP contribution in [0.4, 0.5) is 13.2 Å². The summed E-state index contributed by atoms with van der Waals surface area (Å²) < 4.78 is 40.9. The Morgan fingerprint density at radius 3 is 2.50 bits per heavy atom. The first-order chi connectivity index (χ1) is 7.41. The Labute approximate surface area is 90.0 Å². The lowest BCUT2D eigenvalue weighted by Crippen LogP contribution is -2.27. The molecule has 0 aliphatic rings. The van der Waals surface area contributed by atoms with Gasteiger partial charge in [0.2, 0.25) is 0 Å². The van der Waals surface area contributed by atoms with E-state index in [9.17, 15) is 18.0 Å². The number of carbonyl (C=O) groups excluding carboxylic acids is 1. The lowest BCUT2D eigenvalue weighted by Gasteiger charge is -2.08. The Balaban J connectivity index is 2.96. The van der Waals surface area contributed by atoms with Crippen LogP contribution in [0.2, 0.25) is 0 Å². The van der Waals surface area contributed by atoms with Crippen LogP contribution in [0, 0.1) is 5.82 Å². The van der Waals surface area contributed by atoms with E-state index in [2.05, 4.69) is 4.74 Å². The van der Waals surface area contributed by atoms with Gasteiger partial charge in [-0.3, -0.25) is 4.79 Å². The Kier molecular flexibility index (Phi) is 3.89. The van der Waals surface area contributed by atoms with E-state index in [1.165, 1.54) is 6.92 Å². The summed E-state index contributed by atoms with van der Waals surface area (Å²) in [6.45, 7) is -1.62. The van der Waals surface area contributed by atoms with E-state index in [0.29, 0.717) is 0 Å². The van der Waals surface area contributed by atoms with Gasteiger partial charge in [-0.25, -0.2) is 4.39 Å². The molecule has 3 nitrogen and oxygen atoms in total. The number of benzene rings is 1. The number of ketones is 1. The predicted molar refractivity (Wildman–Crippen MR) is 51.0 cm³/mol. The van der Waals surface area contributed by atoms with E-state index in [-0.39, 0.29) is 11.3 Å². The molecule has 1 atom stereocenters. The Morgan fingerprint density at radius 2 is 2.06 bits per heavy atom. The highest BCUT2D eigenvalue weighted by Crippen LogP contribution is 2.19. The van der Waals surface area contributed by atoms with Crippen LogP contribution in [0.25, 0.3) is 0 Å². The molecular weight excluding hydrogens is 223 g/mol. The zero-order chi connectivity index (χ0) is 12.3. The molecule has 16 heavy (non-hydrogen) atoms. The molecule has 1 rings (SSSR count). The highest BCUT2D eigenvalue weighted by atomic mass is 19.3. The number of alkyl halides is 2. The molecule has 0 spiro atoms. The van der Waals surface area contributed by atoms with Gasteiger partial charge in [-0.1, -0.05) is 0 Å². The molecule has 0 aliphatic carbocycles. The van der Waals surface area contributed by atoms with Crippen LogP contribution < -0.4 is 10.5 Å². The fourth-order valence-electron chi connectivity index (χ4n) is 1.12. The molecule has 88 valence electrons. The molecule has 2 N–H and O–H groups in total. The minimum atomic E-state index is -3.03. The first kappa shape index (κ1) is 12.5. The van der Waals surface area contributed by atoms with Crippen LogP contribution in [0.15, 0.2) is 18.2 Å². The van der Waals surface area contributed by atoms with Gasteiger partial charge in [-0.15, -0.1) is 0 Å². The van der Waals surface area contributed by atoms with Crippen molar-refractivity contribution in [3.63, 3.8) is 0 Å². The van der Waals surface area contributed by atoms with Crippen LogP contribution in [0.1, 0.15) is 17.3 Å². The maximum absolute atomic E-state index is 13.3. The van der Waals surface area contributed by atoms with Gasteiger partial charge >= 0.3 is 6.61 Å². The fraction of sp³-hybridized carbons (Fsp3) is 0.300. The average molecular weight is 233 g/mol. The fourth-order valence-corrected chi connectivity index (χ4v) is 1.12. The van der Waals surface area contributed by atoms with Crippen molar-refractivity contribution in [3.8, 4) is 5.75 Å². The van der Waals surface area contributed by atoms with Crippen molar-refractivity contribution in [3.05, 3.63) is 29.6 Å². The maximum Gasteiger partial charge on any atom is 0.387 e. The number of Topliss-reactive ketones (excluding diaryl/α,β-unsaturated/α-hetero) is 1. The summed E-state index contributed by atoms with van der Waals surface area (Å²) in [6.07, 6.45) is 0. The molecule has 6 heteroatoms. The zero-order valence-corrected chi connectivity index (χ0v) is 8.41. The second-order valence-corrected chi connectivity index (χ2v) is 3.17. The van der Waals surface area contributed by atoms with E-state index in [4.69, 9.17) is 5.73 Å². The number of ether oxygens (including phenoxy) is 1. The third-order valence-electron chi connectivity index (χ3n) is 1.84. The van der Waals surface area contributed by atoms with E-state index >= 15 is 0 Å². The van der Waals surface area contributed by atoms with Crippen LogP contribution >= 0.6 is 0 Å². The summed E-state index contributed by atoms with van der Waals surface area (Å²) in [5, 5.41) is 0. The lowest BCUT2D eigenvalue weighted by molar-refractivity contribution is -0.0499. The SMILES string of the molecule is CC(N)C(=O)c1ccc(OC(F)F)cc1F. The van der Waals surface area contributed by atoms with Crippen molar-refractivity contribution in [2.75, 3.05) is 0 Å². The molecule has 1 aromatic rings. The number of hydrogen-bond donors (Lipinski definition) is 1.